The first-order valence-corrected chi connectivity index (χ1v) is 22.3. The van der Waals surface area contributed by atoms with Gasteiger partial charge in [0, 0.05) is 64.8 Å². The van der Waals surface area contributed by atoms with Crippen LogP contribution in [0.4, 0.5) is 11.4 Å². The Balaban J connectivity index is 0.000000154. The van der Waals surface area contributed by atoms with Crippen molar-refractivity contribution in [3.8, 4) is 0 Å². The lowest BCUT2D eigenvalue weighted by Gasteiger charge is -2.38. The topological polar surface area (TPSA) is 103 Å². The third kappa shape index (κ3) is 8.14. The monoisotopic (exact) mass is 809 g/mol. The van der Waals surface area contributed by atoms with Crippen molar-refractivity contribution < 1.29 is 0 Å². The first kappa shape index (κ1) is 40.5. The van der Waals surface area contributed by atoms with Gasteiger partial charge in [-0.3, -0.25) is 19.8 Å². The first-order valence-electron chi connectivity index (χ1n) is 22.3. The van der Waals surface area contributed by atoms with E-state index < -0.39 is 0 Å². The minimum Gasteiger partial charge on any atom is -0.367 e. The molecule has 0 radical (unpaired) electrons. The van der Waals surface area contributed by atoms with Crippen molar-refractivity contribution >= 4 is 33.4 Å². The third-order valence-corrected chi connectivity index (χ3v) is 13.9. The van der Waals surface area contributed by atoms with E-state index in [0.717, 1.165) is 112 Å². The minimum atomic E-state index is 0.290. The Labute approximate surface area is 356 Å². The number of rotatable bonds is 6. The second kappa shape index (κ2) is 17.6. The lowest BCUT2D eigenvalue weighted by Crippen LogP contribution is -2.44. The lowest BCUT2D eigenvalue weighted by molar-refractivity contribution is 0.107. The van der Waals surface area contributed by atoms with Gasteiger partial charge in [0.1, 0.15) is 22.7 Å². The van der Waals surface area contributed by atoms with Crippen molar-refractivity contribution in [2.75, 3.05) is 90.3 Å². The van der Waals surface area contributed by atoms with Crippen molar-refractivity contribution in [2.45, 2.75) is 76.5 Å². The van der Waals surface area contributed by atoms with E-state index in [9.17, 15) is 0 Å². The van der Waals surface area contributed by atoms with Crippen LogP contribution < -0.4 is 9.80 Å². The molecule has 6 aromatic rings. The summed E-state index contributed by atoms with van der Waals surface area (Å²) in [6.45, 7) is 13.0. The number of benzene rings is 2. The Morgan fingerprint density at radius 2 is 0.883 bits per heavy atom. The number of nitrogens with one attached hydrogen (secondary N) is 2. The van der Waals surface area contributed by atoms with E-state index in [2.05, 4.69) is 130 Å². The van der Waals surface area contributed by atoms with Gasteiger partial charge >= 0.3 is 0 Å². The van der Waals surface area contributed by atoms with Crippen molar-refractivity contribution in [2.24, 2.45) is 0 Å². The molecule has 12 heteroatoms. The largest absolute Gasteiger partial charge is 0.367 e. The summed E-state index contributed by atoms with van der Waals surface area (Å²) in [6.07, 6.45) is 10.8. The van der Waals surface area contributed by atoms with Crippen LogP contribution in [0, 0.1) is 13.8 Å². The van der Waals surface area contributed by atoms with E-state index in [4.69, 9.17) is 19.9 Å². The molecule has 2 aromatic carbocycles. The number of likely N-dealkylation sites (tertiary alicyclic amines) is 2. The van der Waals surface area contributed by atoms with Crippen LogP contribution in [0.5, 0.6) is 0 Å². The number of piperazine rings is 2. The fourth-order valence-electron chi connectivity index (χ4n) is 10.3. The molecule has 4 saturated heterocycles. The molecule has 0 amide bonds. The molecule has 4 atom stereocenters. The molecule has 4 aliphatic rings. The number of likely N-dealkylation sites (N-methyl/N-ethyl adjacent to an activating group) is 2. The molecule has 60 heavy (non-hydrogen) atoms. The third-order valence-electron chi connectivity index (χ3n) is 13.9. The molecule has 4 fully saturated rings. The van der Waals surface area contributed by atoms with Crippen molar-refractivity contribution in [1.82, 2.24) is 49.5 Å². The van der Waals surface area contributed by atoms with E-state index in [1.165, 1.54) is 46.7 Å². The average molecular weight is 809 g/mol. The van der Waals surface area contributed by atoms with E-state index in [-0.39, 0.29) is 12.1 Å². The number of pyridine rings is 2. The Hall–Kier alpha value is -4.88. The van der Waals surface area contributed by atoms with Crippen LogP contribution in [0.25, 0.3) is 22.1 Å². The molecule has 0 bridgehead atoms. The standard InChI is InChI=1S/2C24H32N6/c2*1-17-7-6-12-25-22(17)19-9-5-11-21(29(19)3)24-26-18-8-4-10-20(23(18)27-24)30-15-13-28(2)14-16-30/h2*4,6-8,10,12,19,21H,5,9,11,13-16H2,1-3H3,(H,26,27)/t2*19-,21+/m10/s1. The summed E-state index contributed by atoms with van der Waals surface area (Å²) < 4.78 is 0. The van der Waals surface area contributed by atoms with Gasteiger partial charge in [-0.05, 0) is 128 Å². The van der Waals surface area contributed by atoms with Gasteiger partial charge < -0.3 is 29.6 Å². The van der Waals surface area contributed by atoms with E-state index in [1.54, 1.807) is 0 Å². The minimum absolute atomic E-state index is 0.290. The maximum absolute atomic E-state index is 5.16. The summed E-state index contributed by atoms with van der Waals surface area (Å²) in [4.78, 5) is 41.8. The summed E-state index contributed by atoms with van der Waals surface area (Å²) >= 11 is 0. The molecule has 2 N–H and O–H groups in total. The summed E-state index contributed by atoms with van der Waals surface area (Å²) in [5.41, 5.74) is 12.0. The van der Waals surface area contributed by atoms with Gasteiger partial charge in [-0.2, -0.15) is 0 Å². The van der Waals surface area contributed by atoms with Crippen LogP contribution in [0.2, 0.25) is 0 Å². The molecule has 12 nitrogen and oxygen atoms in total. The average Bonchev–Trinajstić information content (AvgIpc) is 3.91. The van der Waals surface area contributed by atoms with Gasteiger partial charge in [-0.1, -0.05) is 24.3 Å². The SMILES string of the molecule is Cc1cccnc1[C@@H]1CCC[C@H](c2nc3c(N4CCN(C)CC4)cccc3[nH]2)N1C.Cc1cccnc1[C@H]1CCC[C@@H](c2nc3c(N4CCN(C)CC4)cccc3[nH]2)N1C. The van der Waals surface area contributed by atoms with E-state index in [0.29, 0.717) is 12.1 Å². The summed E-state index contributed by atoms with van der Waals surface area (Å²) in [6, 6.07) is 22.7. The highest BCUT2D eigenvalue weighted by atomic mass is 15.3. The first-order chi connectivity index (χ1) is 29.2. The zero-order chi connectivity index (χ0) is 41.3. The van der Waals surface area contributed by atoms with Gasteiger partial charge in [-0.15, -0.1) is 0 Å². The number of aromatic amines is 2. The van der Waals surface area contributed by atoms with Crippen molar-refractivity contribution in [1.29, 1.82) is 0 Å². The number of hydrogen-bond donors (Lipinski definition) is 2. The normalized spacial score (nSPS) is 23.9. The molecular formula is C48H64N12. The second-order valence-corrected chi connectivity index (χ2v) is 17.8. The Bertz CT molecular complexity index is 2200. The van der Waals surface area contributed by atoms with Crippen LogP contribution in [-0.2, 0) is 0 Å². The van der Waals surface area contributed by atoms with Gasteiger partial charge in [0.25, 0.3) is 0 Å². The van der Waals surface area contributed by atoms with Gasteiger partial charge in [0.2, 0.25) is 0 Å². The van der Waals surface area contributed by atoms with E-state index >= 15 is 0 Å². The van der Waals surface area contributed by atoms with Gasteiger partial charge in [-0.25, -0.2) is 9.97 Å². The molecular weight excluding hydrogens is 745 g/mol. The Morgan fingerprint density at radius 3 is 1.28 bits per heavy atom. The second-order valence-electron chi connectivity index (χ2n) is 17.8. The van der Waals surface area contributed by atoms with Crippen LogP contribution in [-0.4, -0.2) is 130 Å². The summed E-state index contributed by atoms with van der Waals surface area (Å²) in [5, 5.41) is 0. The number of imidazole rings is 2. The van der Waals surface area contributed by atoms with Crippen LogP contribution >= 0.6 is 0 Å². The molecule has 4 aromatic heterocycles. The number of fused-ring (bicyclic) bond motifs is 2. The quantitative estimate of drug-likeness (QED) is 0.173. The predicted octanol–water partition coefficient (Wildman–Crippen LogP) is 7.83. The molecule has 0 spiro atoms. The number of nitrogens with zero attached hydrogens (tertiary/aromatic N) is 10. The zero-order valence-corrected chi connectivity index (χ0v) is 36.6. The zero-order valence-electron chi connectivity index (χ0n) is 36.6. The number of piperidine rings is 2. The molecule has 8 heterocycles. The van der Waals surface area contributed by atoms with Gasteiger partial charge in [0.05, 0.1) is 58.0 Å². The van der Waals surface area contributed by atoms with Crippen LogP contribution in [0.1, 0.15) is 96.9 Å². The maximum Gasteiger partial charge on any atom is 0.124 e. The number of para-hydroxylation sites is 2. The number of anilines is 2. The number of aromatic nitrogens is 6. The molecule has 10 rings (SSSR count). The number of hydrogen-bond acceptors (Lipinski definition) is 10. The van der Waals surface area contributed by atoms with Crippen molar-refractivity contribution in [3.05, 3.63) is 107 Å². The number of aryl methyl sites for hydroxylation is 2. The van der Waals surface area contributed by atoms with E-state index in [1.807, 2.05) is 24.5 Å². The summed E-state index contributed by atoms with van der Waals surface area (Å²) in [5.74, 6) is 2.18. The van der Waals surface area contributed by atoms with Crippen LogP contribution in [0.15, 0.2) is 73.1 Å². The Morgan fingerprint density at radius 1 is 0.483 bits per heavy atom. The molecule has 316 valence electrons. The highest BCUT2D eigenvalue weighted by Gasteiger charge is 2.35. The Kier molecular flexibility index (Phi) is 11.9. The van der Waals surface area contributed by atoms with Crippen LogP contribution in [0.3, 0.4) is 0 Å². The molecule has 0 unspecified atom stereocenters. The lowest BCUT2D eigenvalue weighted by atomic mass is 9.92. The summed E-state index contributed by atoms with van der Waals surface area (Å²) in [7, 11) is 8.86. The fourth-order valence-corrected chi connectivity index (χ4v) is 10.3. The smallest absolute Gasteiger partial charge is 0.124 e. The highest BCUT2D eigenvalue weighted by Crippen LogP contribution is 2.42. The number of H-pyrrole nitrogens is 2. The molecule has 0 aliphatic carbocycles. The molecule has 0 saturated carbocycles. The highest BCUT2D eigenvalue weighted by molar-refractivity contribution is 5.90. The van der Waals surface area contributed by atoms with Gasteiger partial charge in [0.15, 0.2) is 0 Å². The van der Waals surface area contributed by atoms with Crippen molar-refractivity contribution in [3.63, 3.8) is 0 Å². The predicted molar refractivity (Wildman–Crippen MR) is 244 cm³/mol. The fraction of sp³-hybridized carbons (Fsp3) is 0.500. The maximum atomic E-state index is 5.16. The molecule has 4 aliphatic heterocycles.